The zero-order chi connectivity index (χ0) is 21.1. The van der Waals surface area contributed by atoms with Crippen LogP contribution >= 0.6 is 15.9 Å². The first-order valence-electron chi connectivity index (χ1n) is 9.14. The predicted octanol–water partition coefficient (Wildman–Crippen LogP) is 2.65. The third-order valence-electron chi connectivity index (χ3n) is 4.55. The van der Waals surface area contributed by atoms with Crippen molar-refractivity contribution >= 4 is 27.4 Å². The number of fused-ring (bicyclic) bond motifs is 1. The maximum absolute atomic E-state index is 12.8. The maximum Gasteiger partial charge on any atom is 0.293 e. The van der Waals surface area contributed by atoms with Gasteiger partial charge in [0.2, 0.25) is 5.91 Å². The number of carbonyl (C=O) groups is 1. The molecule has 0 saturated heterocycles. The minimum absolute atomic E-state index is 0.174. The van der Waals surface area contributed by atoms with Gasteiger partial charge >= 0.3 is 0 Å². The molecule has 2 aromatic heterocycles. The van der Waals surface area contributed by atoms with Gasteiger partial charge in [0.05, 0.1) is 12.8 Å². The van der Waals surface area contributed by atoms with E-state index in [0.29, 0.717) is 17.8 Å². The number of carbonyl (C=O) groups excluding carboxylic acids is 1. The van der Waals surface area contributed by atoms with E-state index in [4.69, 9.17) is 4.74 Å². The second-order valence-corrected chi connectivity index (χ2v) is 7.50. The number of amides is 1. The van der Waals surface area contributed by atoms with Gasteiger partial charge in [-0.1, -0.05) is 28.1 Å². The largest absolute Gasteiger partial charge is 0.497 e. The van der Waals surface area contributed by atoms with Crippen LogP contribution in [0.4, 0.5) is 0 Å². The quantitative estimate of drug-likeness (QED) is 0.470. The number of benzene rings is 2. The number of nitrogens with zero attached hydrogens (tertiary/aromatic N) is 4. The van der Waals surface area contributed by atoms with Crippen molar-refractivity contribution in [3.05, 3.63) is 81.3 Å². The Bertz CT molecular complexity index is 1260. The minimum atomic E-state index is -0.387. The minimum Gasteiger partial charge on any atom is -0.497 e. The molecule has 152 valence electrons. The molecule has 30 heavy (non-hydrogen) atoms. The van der Waals surface area contributed by atoms with Gasteiger partial charge in [-0.05, 0) is 48.0 Å². The second kappa shape index (κ2) is 8.50. The maximum atomic E-state index is 12.8. The molecule has 2 aromatic carbocycles. The molecule has 1 N–H and O–H groups in total. The number of nitrogens with one attached hydrogen (secondary N) is 1. The van der Waals surface area contributed by atoms with Crippen LogP contribution in [0.3, 0.4) is 0 Å². The fourth-order valence-electron chi connectivity index (χ4n) is 2.99. The second-order valence-electron chi connectivity index (χ2n) is 6.59. The number of hydrogen-bond acceptors (Lipinski definition) is 5. The highest BCUT2D eigenvalue weighted by atomic mass is 79.9. The summed E-state index contributed by atoms with van der Waals surface area (Å²) in [5.41, 5.74) is 2.39. The molecule has 0 fully saturated rings. The summed E-state index contributed by atoms with van der Waals surface area (Å²) in [4.78, 5) is 25.1. The van der Waals surface area contributed by atoms with Gasteiger partial charge < -0.3 is 10.1 Å². The monoisotopic (exact) mass is 467 g/mol. The van der Waals surface area contributed by atoms with Crippen molar-refractivity contribution < 1.29 is 9.53 Å². The first-order chi connectivity index (χ1) is 14.5. The topological polar surface area (TPSA) is 90.5 Å². The Morgan fingerprint density at radius 2 is 1.97 bits per heavy atom. The molecule has 0 saturated carbocycles. The van der Waals surface area contributed by atoms with Crippen LogP contribution < -0.4 is 15.6 Å². The predicted molar refractivity (Wildman–Crippen MR) is 115 cm³/mol. The summed E-state index contributed by atoms with van der Waals surface area (Å²) < 4.78 is 8.64. The van der Waals surface area contributed by atoms with Crippen molar-refractivity contribution in [2.45, 2.75) is 13.1 Å². The summed E-state index contributed by atoms with van der Waals surface area (Å²) in [6.45, 7) is 0.190. The zero-order valence-electron chi connectivity index (χ0n) is 16.1. The Labute approximate surface area is 180 Å². The van der Waals surface area contributed by atoms with Crippen LogP contribution in [0.5, 0.6) is 5.75 Å². The van der Waals surface area contributed by atoms with Gasteiger partial charge in [-0.15, -0.1) is 0 Å². The molecule has 2 heterocycles. The van der Waals surface area contributed by atoms with E-state index in [9.17, 15) is 9.59 Å². The Morgan fingerprint density at radius 3 is 2.70 bits per heavy atom. The summed E-state index contributed by atoms with van der Waals surface area (Å²) in [6, 6.07) is 16.7. The number of halogens is 1. The molecule has 0 aliphatic heterocycles. The highest BCUT2D eigenvalue weighted by molar-refractivity contribution is 9.10. The number of rotatable bonds is 6. The molecule has 0 aliphatic rings. The first kappa shape index (κ1) is 19.8. The van der Waals surface area contributed by atoms with Crippen LogP contribution in [0.15, 0.2) is 70.2 Å². The number of hydrogen-bond donors (Lipinski definition) is 1. The molecule has 4 aromatic rings. The van der Waals surface area contributed by atoms with Crippen LogP contribution in [0.2, 0.25) is 0 Å². The Balaban J connectivity index is 1.51. The summed E-state index contributed by atoms with van der Waals surface area (Å²) in [7, 11) is 1.60. The van der Waals surface area contributed by atoms with E-state index in [2.05, 4.69) is 31.4 Å². The molecule has 0 radical (unpaired) electrons. The van der Waals surface area contributed by atoms with E-state index in [-0.39, 0.29) is 18.0 Å². The molecule has 0 spiro atoms. The van der Waals surface area contributed by atoms with Gasteiger partial charge in [0.15, 0.2) is 0 Å². The molecule has 0 aliphatic carbocycles. The van der Waals surface area contributed by atoms with E-state index in [1.807, 2.05) is 48.5 Å². The van der Waals surface area contributed by atoms with Gasteiger partial charge in [-0.25, -0.2) is 9.20 Å². The average molecular weight is 468 g/mol. The zero-order valence-corrected chi connectivity index (χ0v) is 17.7. The Hall–Kier alpha value is -3.46. The highest BCUT2D eigenvalue weighted by Crippen LogP contribution is 2.21. The van der Waals surface area contributed by atoms with Crippen molar-refractivity contribution in [3.8, 4) is 17.0 Å². The smallest absolute Gasteiger partial charge is 0.293 e. The highest BCUT2D eigenvalue weighted by Gasteiger charge is 2.12. The Morgan fingerprint density at radius 1 is 1.17 bits per heavy atom. The van der Waals surface area contributed by atoms with Crippen LogP contribution in [0.1, 0.15) is 5.56 Å². The van der Waals surface area contributed by atoms with Crippen molar-refractivity contribution in [3.63, 3.8) is 0 Å². The lowest BCUT2D eigenvalue weighted by molar-refractivity contribution is -0.122. The molecule has 0 atom stereocenters. The molecular weight excluding hydrogens is 450 g/mol. The fraction of sp³-hybridized carbons (Fsp3) is 0.143. The van der Waals surface area contributed by atoms with Crippen LogP contribution in [0, 0.1) is 0 Å². The van der Waals surface area contributed by atoms with Crippen molar-refractivity contribution in [1.29, 1.82) is 0 Å². The summed E-state index contributed by atoms with van der Waals surface area (Å²) in [5, 5.41) is 11.3. The van der Waals surface area contributed by atoms with E-state index >= 15 is 0 Å². The van der Waals surface area contributed by atoms with E-state index < -0.39 is 0 Å². The van der Waals surface area contributed by atoms with Crippen LogP contribution in [-0.4, -0.2) is 32.4 Å². The number of ether oxygens (including phenoxy) is 1. The molecule has 1 amide bonds. The average Bonchev–Trinajstić information content (AvgIpc) is 3.20. The SMILES string of the molecule is COc1ccc(-c2cc3c(=O)n(CC(=O)NCc4cccc(Br)c4)ncn3n2)cc1. The van der Waals surface area contributed by atoms with Gasteiger partial charge in [0.25, 0.3) is 5.56 Å². The van der Waals surface area contributed by atoms with Crippen molar-refractivity contribution in [1.82, 2.24) is 24.7 Å². The lowest BCUT2D eigenvalue weighted by atomic mass is 10.1. The summed E-state index contributed by atoms with van der Waals surface area (Å²) in [5.74, 6) is 0.434. The Kier molecular flexibility index (Phi) is 5.62. The molecule has 0 unspecified atom stereocenters. The molecule has 9 heteroatoms. The van der Waals surface area contributed by atoms with E-state index in [1.165, 1.54) is 10.8 Å². The van der Waals surface area contributed by atoms with Crippen LogP contribution in [-0.2, 0) is 17.9 Å². The molecular formula is C21H18BrN5O3. The lowest BCUT2D eigenvalue weighted by Crippen LogP contribution is -2.34. The van der Waals surface area contributed by atoms with E-state index in [1.54, 1.807) is 13.2 Å². The third kappa shape index (κ3) is 4.25. The van der Waals surface area contributed by atoms with Crippen molar-refractivity contribution in [2.24, 2.45) is 0 Å². The lowest BCUT2D eigenvalue weighted by Gasteiger charge is -2.07. The molecule has 4 rings (SSSR count). The van der Waals surface area contributed by atoms with Crippen molar-refractivity contribution in [2.75, 3.05) is 7.11 Å². The summed E-state index contributed by atoms with van der Waals surface area (Å²) >= 11 is 3.40. The standard InChI is InChI=1S/C21H18BrN5O3/c1-30-17-7-5-15(6-8-17)18-10-19-21(29)26(24-13-27(19)25-18)12-20(28)23-11-14-3-2-4-16(22)9-14/h2-10,13H,11-12H2,1H3,(H,23,28). The summed E-state index contributed by atoms with van der Waals surface area (Å²) in [6.07, 6.45) is 1.42. The van der Waals surface area contributed by atoms with Gasteiger partial charge in [0, 0.05) is 16.6 Å². The number of aromatic nitrogens is 4. The first-order valence-corrected chi connectivity index (χ1v) is 9.94. The van der Waals surface area contributed by atoms with Gasteiger partial charge in [0.1, 0.15) is 24.1 Å². The fourth-order valence-corrected chi connectivity index (χ4v) is 3.44. The van der Waals surface area contributed by atoms with Gasteiger partial charge in [-0.2, -0.15) is 10.2 Å². The van der Waals surface area contributed by atoms with Gasteiger partial charge in [-0.3, -0.25) is 9.59 Å². The van der Waals surface area contributed by atoms with E-state index in [0.717, 1.165) is 26.0 Å². The third-order valence-corrected chi connectivity index (χ3v) is 5.04. The molecule has 8 nitrogen and oxygen atoms in total. The number of methoxy groups -OCH3 is 1. The van der Waals surface area contributed by atoms with Crippen LogP contribution in [0.25, 0.3) is 16.8 Å². The molecule has 0 bridgehead atoms. The normalized spacial score (nSPS) is 10.9.